The van der Waals surface area contributed by atoms with E-state index in [-0.39, 0.29) is 35.3 Å². The Kier molecular flexibility index (Phi) is 8.40. The molecule has 2 aromatic rings. The Hall–Kier alpha value is -3.03. The number of allylic oxidation sites excluding steroid dienone is 1. The van der Waals surface area contributed by atoms with Crippen LogP contribution in [0.25, 0.3) is 0 Å². The number of anilines is 1. The van der Waals surface area contributed by atoms with Crippen LogP contribution in [0.3, 0.4) is 0 Å². The number of benzene rings is 2. The summed E-state index contributed by atoms with van der Waals surface area (Å²) in [7, 11) is -2.26. The number of carbonyl (C=O) groups is 1. The number of rotatable bonds is 2. The minimum Gasteiger partial charge on any atom is -0.490 e. The van der Waals surface area contributed by atoms with E-state index in [9.17, 15) is 18.3 Å². The molecule has 2 saturated carbocycles. The van der Waals surface area contributed by atoms with Gasteiger partial charge in [0.2, 0.25) is 10.0 Å². The third-order valence-electron chi connectivity index (χ3n) is 11.6. The van der Waals surface area contributed by atoms with Gasteiger partial charge in [0.25, 0.3) is 5.91 Å². The molecule has 47 heavy (non-hydrogen) atoms. The lowest BCUT2D eigenvalue weighted by Crippen LogP contribution is -2.52. The number of methoxy groups -OCH3 is 1. The molecule has 250 valence electrons. The molecule has 0 unspecified atom stereocenters. The summed E-state index contributed by atoms with van der Waals surface area (Å²) in [5, 5.41) is 10.2. The Labute approximate surface area is 282 Å². The lowest BCUT2D eigenvalue weighted by molar-refractivity contribution is -0.0351. The molecule has 7 rings (SSSR count). The SMILES string of the molecule is CO[C@]1(C#CCCO)/C=C/C[C@@H]2C[C@@]2(C)S(=O)(=O)NC(=O)c2ccc3c(c2)N(C[C@@H]2CC[C@H]21)C[C@@]1(CCCc2cc(Cl)ccc21)CO3. The highest BCUT2D eigenvalue weighted by Gasteiger charge is 2.60. The lowest BCUT2D eigenvalue weighted by atomic mass is 9.64. The summed E-state index contributed by atoms with van der Waals surface area (Å²) >= 11 is 6.44. The van der Waals surface area contributed by atoms with Crippen molar-refractivity contribution >= 4 is 33.2 Å². The Morgan fingerprint density at radius 1 is 1.21 bits per heavy atom. The van der Waals surface area contributed by atoms with Gasteiger partial charge in [-0.25, -0.2) is 13.1 Å². The van der Waals surface area contributed by atoms with E-state index in [0.29, 0.717) is 44.7 Å². The van der Waals surface area contributed by atoms with Crippen molar-refractivity contribution in [2.24, 2.45) is 17.8 Å². The topological polar surface area (TPSA) is 105 Å². The van der Waals surface area contributed by atoms with E-state index in [1.807, 2.05) is 18.2 Å². The number of amides is 1. The van der Waals surface area contributed by atoms with Crippen LogP contribution in [0.2, 0.25) is 5.02 Å². The van der Waals surface area contributed by atoms with E-state index >= 15 is 0 Å². The molecule has 1 spiro atoms. The number of aryl methyl sites for hydroxylation is 1. The summed E-state index contributed by atoms with van der Waals surface area (Å²) in [6.45, 7) is 3.52. The van der Waals surface area contributed by atoms with Crippen molar-refractivity contribution in [1.29, 1.82) is 0 Å². The van der Waals surface area contributed by atoms with Crippen LogP contribution in [0.5, 0.6) is 5.75 Å². The minimum absolute atomic E-state index is 0.0315. The molecule has 0 saturated heterocycles. The van der Waals surface area contributed by atoms with Crippen LogP contribution >= 0.6 is 11.6 Å². The second-order valence-electron chi connectivity index (χ2n) is 14.3. The average molecular weight is 679 g/mol. The number of halogens is 1. The van der Waals surface area contributed by atoms with E-state index in [1.54, 1.807) is 32.2 Å². The van der Waals surface area contributed by atoms with Crippen molar-refractivity contribution in [3.63, 3.8) is 0 Å². The van der Waals surface area contributed by atoms with Crippen LogP contribution in [0, 0.1) is 29.6 Å². The number of fused-ring (bicyclic) bond motifs is 5. The number of aliphatic hydroxyl groups is 1. The number of ether oxygens (including phenoxy) is 2. The highest BCUT2D eigenvalue weighted by atomic mass is 35.5. The fraction of sp³-hybridized carbons (Fsp3) is 0.541. The highest BCUT2D eigenvalue weighted by molar-refractivity contribution is 7.91. The first-order valence-corrected chi connectivity index (χ1v) is 18.6. The van der Waals surface area contributed by atoms with Gasteiger partial charge in [0.15, 0.2) is 0 Å². The smallest absolute Gasteiger partial charge is 0.264 e. The van der Waals surface area contributed by atoms with Crippen molar-refractivity contribution in [1.82, 2.24) is 4.72 Å². The maximum atomic E-state index is 13.6. The van der Waals surface area contributed by atoms with Crippen molar-refractivity contribution in [2.45, 2.75) is 74.1 Å². The Morgan fingerprint density at radius 3 is 2.83 bits per heavy atom. The molecule has 2 bridgehead atoms. The number of aliphatic hydroxyl groups excluding tert-OH is 1. The maximum absolute atomic E-state index is 13.6. The molecule has 0 radical (unpaired) electrons. The maximum Gasteiger partial charge on any atom is 0.264 e. The van der Waals surface area contributed by atoms with Crippen molar-refractivity contribution in [3.05, 3.63) is 70.3 Å². The zero-order valence-electron chi connectivity index (χ0n) is 27.1. The Morgan fingerprint density at radius 2 is 2.06 bits per heavy atom. The molecular formula is C37H43ClN2O6S. The van der Waals surface area contributed by atoms with Gasteiger partial charge >= 0.3 is 0 Å². The first-order valence-electron chi connectivity index (χ1n) is 16.7. The molecule has 2 N–H and O–H groups in total. The fourth-order valence-electron chi connectivity index (χ4n) is 8.47. The third-order valence-corrected chi connectivity index (χ3v) is 14.0. The molecule has 6 atom stereocenters. The molecule has 5 aliphatic rings. The molecule has 3 aliphatic carbocycles. The molecule has 2 fully saturated rings. The zero-order chi connectivity index (χ0) is 33.0. The van der Waals surface area contributed by atoms with Gasteiger partial charge < -0.3 is 19.5 Å². The Bertz CT molecular complexity index is 1780. The summed E-state index contributed by atoms with van der Waals surface area (Å²) in [5.74, 6) is 6.76. The van der Waals surface area contributed by atoms with Gasteiger partial charge in [-0.05, 0) is 111 Å². The molecule has 0 aromatic heterocycles. The van der Waals surface area contributed by atoms with E-state index in [4.69, 9.17) is 21.1 Å². The highest BCUT2D eigenvalue weighted by Crippen LogP contribution is 2.53. The summed E-state index contributed by atoms with van der Waals surface area (Å²) < 4.78 is 41.3. The number of nitrogens with zero attached hydrogens (tertiary/aromatic N) is 1. The summed E-state index contributed by atoms with van der Waals surface area (Å²) in [4.78, 5) is 15.9. The van der Waals surface area contributed by atoms with Crippen LogP contribution in [-0.2, 0) is 26.6 Å². The molecule has 2 aliphatic heterocycles. The first-order chi connectivity index (χ1) is 22.5. The van der Waals surface area contributed by atoms with E-state index in [2.05, 4.69) is 33.6 Å². The first kappa shape index (κ1) is 32.5. The lowest BCUT2D eigenvalue weighted by Gasteiger charge is -2.48. The van der Waals surface area contributed by atoms with E-state index in [1.165, 1.54) is 11.1 Å². The fourth-order valence-corrected chi connectivity index (χ4v) is 10.2. The molecule has 10 heteroatoms. The summed E-state index contributed by atoms with van der Waals surface area (Å²) in [5.41, 5.74) is 2.40. The quantitative estimate of drug-likeness (QED) is 0.324. The van der Waals surface area contributed by atoms with Gasteiger partial charge in [-0.2, -0.15) is 0 Å². The number of hydrogen-bond acceptors (Lipinski definition) is 7. The molecule has 2 heterocycles. The van der Waals surface area contributed by atoms with Gasteiger partial charge in [0.1, 0.15) is 11.4 Å². The summed E-state index contributed by atoms with van der Waals surface area (Å²) in [6.07, 6.45) is 10.2. The van der Waals surface area contributed by atoms with Gasteiger partial charge in [-0.3, -0.25) is 4.79 Å². The second kappa shape index (κ2) is 12.1. The predicted octanol–water partition coefficient (Wildman–Crippen LogP) is 5.41. The number of carbonyl (C=O) groups excluding carboxylic acids is 1. The summed E-state index contributed by atoms with van der Waals surface area (Å²) in [6, 6.07) is 11.4. The molecule has 2 aromatic carbocycles. The largest absolute Gasteiger partial charge is 0.490 e. The third kappa shape index (κ3) is 5.65. The standard InChI is InChI=1S/C37H43ClN2O6S/c1-35-21-28(35)8-6-17-37(45-2,16-3-4-18-41)31-12-9-27(31)22-40-23-36(15-5-7-25-19-29(38)11-13-30(25)36)24-46-33-14-10-26(20-32(33)40)34(42)39-47(35,43)44/h6,10-11,13-14,17,19-20,27-28,31,41H,4-5,7-9,12,15,18,21-24H2,1-2H3,(H,39,42)/b17-6+/t27-,28+,31+,35+,36-,37+/m0/s1. The van der Waals surface area contributed by atoms with E-state index < -0.39 is 26.3 Å². The average Bonchev–Trinajstić information content (AvgIpc) is 3.74. The van der Waals surface area contributed by atoms with Crippen molar-refractivity contribution < 1.29 is 27.8 Å². The van der Waals surface area contributed by atoms with Crippen LogP contribution in [0.4, 0.5) is 5.69 Å². The van der Waals surface area contributed by atoms with Crippen LogP contribution < -0.4 is 14.4 Å². The van der Waals surface area contributed by atoms with Gasteiger partial charge in [0.05, 0.1) is 23.6 Å². The van der Waals surface area contributed by atoms with Gasteiger partial charge in [0, 0.05) is 48.5 Å². The number of sulfonamides is 1. The normalized spacial score (nSPS) is 34.5. The van der Waals surface area contributed by atoms with Gasteiger partial charge in [-0.15, -0.1) is 0 Å². The van der Waals surface area contributed by atoms with Crippen molar-refractivity contribution in [3.8, 4) is 17.6 Å². The monoisotopic (exact) mass is 678 g/mol. The Balaban J connectivity index is 1.34. The predicted molar refractivity (Wildman–Crippen MR) is 182 cm³/mol. The van der Waals surface area contributed by atoms with Crippen LogP contribution in [-0.4, -0.2) is 63.2 Å². The molecule has 1 amide bonds. The van der Waals surface area contributed by atoms with Gasteiger partial charge in [-0.1, -0.05) is 35.6 Å². The molecular weight excluding hydrogens is 636 g/mol. The second-order valence-corrected chi connectivity index (χ2v) is 16.9. The minimum atomic E-state index is -3.95. The zero-order valence-corrected chi connectivity index (χ0v) is 28.6. The number of hydrogen-bond donors (Lipinski definition) is 2. The van der Waals surface area contributed by atoms with Crippen LogP contribution in [0.1, 0.15) is 73.4 Å². The molecule has 8 nitrogen and oxygen atoms in total. The van der Waals surface area contributed by atoms with Crippen molar-refractivity contribution in [2.75, 3.05) is 38.3 Å². The van der Waals surface area contributed by atoms with E-state index in [0.717, 1.165) is 42.8 Å². The van der Waals surface area contributed by atoms with Crippen LogP contribution in [0.15, 0.2) is 48.6 Å². The number of nitrogens with one attached hydrogen (secondary N) is 1.